The number of hydrogen-bond donors (Lipinski definition) is 2. The molecule has 80 valence electrons. The second-order valence-electron chi connectivity index (χ2n) is 3.29. The molecule has 4 heteroatoms. The van der Waals surface area contributed by atoms with Crippen LogP contribution < -0.4 is 10.6 Å². The first-order chi connectivity index (χ1) is 7.00. The van der Waals surface area contributed by atoms with Gasteiger partial charge in [-0.25, -0.2) is 0 Å². The maximum absolute atomic E-state index is 4.28. The van der Waals surface area contributed by atoms with E-state index in [0.717, 1.165) is 52.1 Å². The van der Waals surface area contributed by atoms with Crippen LogP contribution in [0.5, 0.6) is 0 Å². The van der Waals surface area contributed by atoms with Gasteiger partial charge in [-0.2, -0.15) is 0 Å². The fraction of sp³-hybridized carbons (Fsp3) is 0.800. The van der Waals surface area contributed by atoms with Crippen molar-refractivity contribution in [3.05, 3.63) is 0 Å². The van der Waals surface area contributed by atoms with Crippen molar-refractivity contribution in [2.75, 3.05) is 39.3 Å². The van der Waals surface area contributed by atoms with Gasteiger partial charge in [0.05, 0.1) is 0 Å². The second kappa shape index (κ2) is 8.84. The van der Waals surface area contributed by atoms with Gasteiger partial charge in [-0.15, -0.1) is 0 Å². The Morgan fingerprint density at radius 3 is 1.93 bits per heavy atom. The molecule has 0 saturated carbocycles. The van der Waals surface area contributed by atoms with Crippen molar-refractivity contribution >= 4 is 12.4 Å². The van der Waals surface area contributed by atoms with Gasteiger partial charge in [-0.05, 0) is 25.9 Å². The molecule has 1 aliphatic rings. The van der Waals surface area contributed by atoms with E-state index in [4.69, 9.17) is 0 Å². The van der Waals surface area contributed by atoms with Gasteiger partial charge >= 0.3 is 0 Å². The molecule has 1 aliphatic heterocycles. The lowest BCUT2D eigenvalue weighted by Gasteiger charge is -2.03. The largest absolute Gasteiger partial charge is 0.312 e. The Labute approximate surface area is 85.9 Å². The monoisotopic (exact) mass is 196 g/mol. The molecule has 0 spiro atoms. The first-order valence-electron chi connectivity index (χ1n) is 5.38. The van der Waals surface area contributed by atoms with Crippen molar-refractivity contribution in [1.29, 1.82) is 0 Å². The molecule has 0 saturated heterocycles. The van der Waals surface area contributed by atoms with Gasteiger partial charge in [0.1, 0.15) is 0 Å². The van der Waals surface area contributed by atoms with Gasteiger partial charge in [0.25, 0.3) is 0 Å². The zero-order valence-corrected chi connectivity index (χ0v) is 8.71. The molecule has 0 bridgehead atoms. The van der Waals surface area contributed by atoms with E-state index < -0.39 is 0 Å². The minimum Gasteiger partial charge on any atom is -0.312 e. The Kier molecular flexibility index (Phi) is 7.16. The van der Waals surface area contributed by atoms with Crippen molar-refractivity contribution in [1.82, 2.24) is 10.6 Å². The summed E-state index contributed by atoms with van der Waals surface area (Å²) in [5.74, 6) is 0. The van der Waals surface area contributed by atoms with E-state index in [0.29, 0.717) is 0 Å². The predicted molar refractivity (Wildman–Crippen MR) is 61.7 cm³/mol. The SMILES string of the molecule is C1=NCCCN=CCNCCCNC1. The molecule has 0 fully saturated rings. The van der Waals surface area contributed by atoms with E-state index in [1.807, 2.05) is 12.4 Å². The highest BCUT2D eigenvalue weighted by molar-refractivity contribution is 5.60. The van der Waals surface area contributed by atoms with Crippen LogP contribution in [-0.2, 0) is 0 Å². The highest BCUT2D eigenvalue weighted by Crippen LogP contribution is 1.82. The summed E-state index contributed by atoms with van der Waals surface area (Å²) in [7, 11) is 0. The Morgan fingerprint density at radius 1 is 0.786 bits per heavy atom. The van der Waals surface area contributed by atoms with E-state index in [-0.39, 0.29) is 0 Å². The van der Waals surface area contributed by atoms with Gasteiger partial charge in [0, 0.05) is 38.6 Å². The fourth-order valence-electron chi connectivity index (χ4n) is 1.24. The van der Waals surface area contributed by atoms with Crippen LogP contribution in [0.3, 0.4) is 0 Å². The summed E-state index contributed by atoms with van der Waals surface area (Å²) in [4.78, 5) is 8.56. The summed E-state index contributed by atoms with van der Waals surface area (Å²) in [6, 6.07) is 0. The van der Waals surface area contributed by atoms with Crippen LogP contribution in [0.4, 0.5) is 0 Å². The zero-order chi connectivity index (χ0) is 9.90. The molecule has 2 N–H and O–H groups in total. The summed E-state index contributed by atoms with van der Waals surface area (Å²) in [5.41, 5.74) is 0. The normalized spacial score (nSPS) is 21.7. The van der Waals surface area contributed by atoms with Gasteiger partial charge < -0.3 is 10.6 Å². The molecule has 0 atom stereocenters. The average molecular weight is 196 g/mol. The van der Waals surface area contributed by atoms with Crippen LogP contribution in [0.25, 0.3) is 0 Å². The van der Waals surface area contributed by atoms with E-state index >= 15 is 0 Å². The van der Waals surface area contributed by atoms with Gasteiger partial charge in [0.15, 0.2) is 0 Å². The molecule has 0 aromatic heterocycles. The molecule has 0 aromatic rings. The van der Waals surface area contributed by atoms with Crippen LogP contribution in [0.1, 0.15) is 12.8 Å². The minimum absolute atomic E-state index is 0.892. The van der Waals surface area contributed by atoms with Crippen molar-refractivity contribution in [3.63, 3.8) is 0 Å². The Hall–Kier alpha value is -0.740. The summed E-state index contributed by atoms with van der Waals surface area (Å²) >= 11 is 0. The number of aliphatic imine (C=N–C) groups is 2. The highest BCUT2D eigenvalue weighted by atomic mass is 14.9. The number of rotatable bonds is 0. The molecular weight excluding hydrogens is 176 g/mol. The van der Waals surface area contributed by atoms with Crippen LogP contribution in [0.15, 0.2) is 9.98 Å². The first-order valence-corrected chi connectivity index (χ1v) is 5.38. The molecule has 0 unspecified atom stereocenters. The molecule has 1 heterocycles. The third-order valence-electron chi connectivity index (χ3n) is 2.01. The molecule has 14 heavy (non-hydrogen) atoms. The number of nitrogens with one attached hydrogen (secondary N) is 2. The number of hydrogen-bond acceptors (Lipinski definition) is 4. The topological polar surface area (TPSA) is 48.8 Å². The van der Waals surface area contributed by atoms with Crippen molar-refractivity contribution < 1.29 is 0 Å². The lowest BCUT2D eigenvalue weighted by Crippen LogP contribution is -2.24. The maximum Gasteiger partial charge on any atom is 0.0403 e. The Balaban J connectivity index is 2.16. The maximum atomic E-state index is 4.28. The lowest BCUT2D eigenvalue weighted by atomic mass is 10.4. The average Bonchev–Trinajstić information content (AvgIpc) is 2.22. The lowest BCUT2D eigenvalue weighted by molar-refractivity contribution is 0.651. The van der Waals surface area contributed by atoms with Gasteiger partial charge in [-0.1, -0.05) is 0 Å². The Bertz CT molecular complexity index is 159. The predicted octanol–water partition coefficient (Wildman–Crippen LogP) is 0.101. The zero-order valence-electron chi connectivity index (χ0n) is 8.71. The van der Waals surface area contributed by atoms with Crippen LogP contribution in [0, 0.1) is 0 Å². The summed E-state index contributed by atoms with van der Waals surface area (Å²) in [6.45, 7) is 5.68. The quantitative estimate of drug-likeness (QED) is 0.577. The third kappa shape index (κ3) is 6.74. The molecule has 0 radical (unpaired) electrons. The fourth-order valence-corrected chi connectivity index (χ4v) is 1.24. The van der Waals surface area contributed by atoms with Crippen LogP contribution in [0.2, 0.25) is 0 Å². The molecule has 0 aromatic carbocycles. The summed E-state index contributed by atoms with van der Waals surface area (Å²) in [5, 5.41) is 6.63. The molecule has 1 rings (SSSR count). The van der Waals surface area contributed by atoms with Gasteiger partial charge in [-0.3, -0.25) is 9.98 Å². The van der Waals surface area contributed by atoms with Crippen molar-refractivity contribution in [2.45, 2.75) is 12.8 Å². The summed E-state index contributed by atoms with van der Waals surface area (Å²) in [6.07, 6.45) is 6.13. The highest BCUT2D eigenvalue weighted by Gasteiger charge is 1.88. The van der Waals surface area contributed by atoms with Gasteiger partial charge in [0.2, 0.25) is 0 Å². The molecule has 4 nitrogen and oxygen atoms in total. The second-order valence-corrected chi connectivity index (χ2v) is 3.29. The third-order valence-corrected chi connectivity index (χ3v) is 2.01. The molecule has 0 aliphatic carbocycles. The molecule has 0 amide bonds. The Morgan fingerprint density at radius 2 is 1.36 bits per heavy atom. The smallest absolute Gasteiger partial charge is 0.0403 e. The molecular formula is C10H20N4. The van der Waals surface area contributed by atoms with E-state index in [9.17, 15) is 0 Å². The standard InChI is InChI=1S/C10H20N4/c1-3-11-7-9-13-5-2-6-14-10-8-12-4-1/h7-8,13-14H,1-6,9-10H2. The van der Waals surface area contributed by atoms with E-state index in [1.54, 1.807) is 0 Å². The van der Waals surface area contributed by atoms with Crippen molar-refractivity contribution in [3.8, 4) is 0 Å². The minimum atomic E-state index is 0.892. The van der Waals surface area contributed by atoms with E-state index in [1.165, 1.54) is 0 Å². The first kappa shape index (κ1) is 11.3. The van der Waals surface area contributed by atoms with Crippen LogP contribution >= 0.6 is 0 Å². The number of nitrogens with zero attached hydrogens (tertiary/aromatic N) is 2. The van der Waals surface area contributed by atoms with Crippen molar-refractivity contribution in [2.24, 2.45) is 9.98 Å². The van der Waals surface area contributed by atoms with Crippen LogP contribution in [-0.4, -0.2) is 51.7 Å². The van der Waals surface area contributed by atoms with E-state index in [2.05, 4.69) is 20.6 Å². The summed E-state index contributed by atoms with van der Waals surface area (Å²) < 4.78 is 0.